The summed E-state index contributed by atoms with van der Waals surface area (Å²) in [4.78, 5) is 1.90. The molecule has 0 aromatic carbocycles. The summed E-state index contributed by atoms with van der Waals surface area (Å²) in [6, 6.07) is 0.105. The van der Waals surface area contributed by atoms with E-state index in [1.54, 1.807) is 0 Å². The summed E-state index contributed by atoms with van der Waals surface area (Å²) < 4.78 is 0. The fourth-order valence-electron chi connectivity index (χ4n) is 2.40. The smallest absolute Gasteiger partial charge is 0.174 e. The maximum absolute atomic E-state index is 9.26. The maximum Gasteiger partial charge on any atom is 0.174 e. The van der Waals surface area contributed by atoms with Gasteiger partial charge in [-0.25, -0.2) is 0 Å². The molecular weight excluding hydrogens is 270 g/mol. The first-order chi connectivity index (χ1) is 10.0. The van der Waals surface area contributed by atoms with Crippen molar-refractivity contribution in [1.82, 2.24) is 10.2 Å². The number of amidine groups is 1. The molecule has 0 saturated carbocycles. The third-order valence-electron chi connectivity index (χ3n) is 3.43. The van der Waals surface area contributed by atoms with E-state index in [4.69, 9.17) is 10.9 Å². The van der Waals surface area contributed by atoms with E-state index in [1.807, 2.05) is 32.6 Å². The minimum atomic E-state index is -0.00748. The number of aliphatic hydroxyl groups is 1. The highest BCUT2D eigenvalue weighted by Gasteiger charge is 2.23. The fraction of sp³-hybridized carbons (Fsp3) is 0.643. The number of nitrogens with two attached hydrogens (primary N) is 1. The largest absolute Gasteiger partial charge is 0.409 e. The molecule has 0 aliphatic heterocycles. The van der Waals surface area contributed by atoms with Crippen molar-refractivity contribution in [3.05, 3.63) is 16.8 Å². The SMILES string of the molecule is CCc1nnc(N(CCO)C(C)C)c(C(N)=NO)c1CC. The average Bonchev–Trinajstić information content (AvgIpc) is 2.49. The van der Waals surface area contributed by atoms with E-state index in [2.05, 4.69) is 15.4 Å². The first-order valence-corrected chi connectivity index (χ1v) is 7.25. The lowest BCUT2D eigenvalue weighted by molar-refractivity contribution is 0.298. The number of oxime groups is 1. The second-order valence-corrected chi connectivity index (χ2v) is 5.03. The summed E-state index contributed by atoms with van der Waals surface area (Å²) in [7, 11) is 0. The second-order valence-electron chi connectivity index (χ2n) is 5.03. The first kappa shape index (κ1) is 17.2. The highest BCUT2D eigenvalue weighted by molar-refractivity contribution is 6.03. The molecule has 0 spiro atoms. The van der Waals surface area contributed by atoms with Gasteiger partial charge in [0.25, 0.3) is 0 Å². The number of anilines is 1. The van der Waals surface area contributed by atoms with Crippen LogP contribution >= 0.6 is 0 Å². The molecule has 0 bridgehead atoms. The average molecular weight is 295 g/mol. The van der Waals surface area contributed by atoms with Gasteiger partial charge in [0.15, 0.2) is 11.7 Å². The predicted molar refractivity (Wildman–Crippen MR) is 82.9 cm³/mol. The maximum atomic E-state index is 9.26. The number of hydrogen-bond donors (Lipinski definition) is 3. The van der Waals surface area contributed by atoms with Crippen LogP contribution in [0, 0.1) is 0 Å². The Bertz CT molecular complexity index is 502. The molecule has 1 aromatic rings. The number of aliphatic hydroxyl groups excluding tert-OH is 1. The van der Waals surface area contributed by atoms with Gasteiger partial charge in [0, 0.05) is 12.6 Å². The van der Waals surface area contributed by atoms with Gasteiger partial charge >= 0.3 is 0 Å². The van der Waals surface area contributed by atoms with Crippen molar-refractivity contribution in [3.8, 4) is 0 Å². The molecule has 7 heteroatoms. The van der Waals surface area contributed by atoms with Crippen molar-refractivity contribution < 1.29 is 10.3 Å². The minimum absolute atomic E-state index is 0.00748. The lowest BCUT2D eigenvalue weighted by atomic mass is 10.0. The molecule has 0 atom stereocenters. The Kier molecular flexibility index (Phi) is 6.36. The van der Waals surface area contributed by atoms with Gasteiger partial charge in [-0.3, -0.25) is 0 Å². The Morgan fingerprint density at radius 2 is 1.95 bits per heavy atom. The molecule has 0 unspecified atom stereocenters. The van der Waals surface area contributed by atoms with Crippen LogP contribution in [0.4, 0.5) is 5.82 Å². The summed E-state index contributed by atoms with van der Waals surface area (Å²) in [5, 5.41) is 30.0. The van der Waals surface area contributed by atoms with E-state index in [9.17, 15) is 5.11 Å². The molecule has 7 nitrogen and oxygen atoms in total. The summed E-state index contributed by atoms with van der Waals surface area (Å²) in [5.74, 6) is 0.568. The monoisotopic (exact) mass is 295 g/mol. The Morgan fingerprint density at radius 1 is 1.29 bits per heavy atom. The van der Waals surface area contributed by atoms with Gasteiger partial charge in [-0.05, 0) is 32.3 Å². The Labute approximate surface area is 125 Å². The Hall–Kier alpha value is -1.89. The molecule has 0 fully saturated rings. The van der Waals surface area contributed by atoms with Crippen LogP contribution in [0.2, 0.25) is 0 Å². The minimum Gasteiger partial charge on any atom is -0.409 e. The van der Waals surface area contributed by atoms with E-state index in [-0.39, 0.29) is 18.5 Å². The van der Waals surface area contributed by atoms with Crippen LogP contribution in [0.3, 0.4) is 0 Å². The predicted octanol–water partition coefficient (Wildman–Crippen LogP) is 0.903. The van der Waals surface area contributed by atoms with E-state index in [0.717, 1.165) is 17.7 Å². The quantitative estimate of drug-likeness (QED) is 0.298. The van der Waals surface area contributed by atoms with Crippen LogP contribution in [-0.2, 0) is 12.8 Å². The molecule has 0 aliphatic carbocycles. The molecule has 4 N–H and O–H groups in total. The van der Waals surface area contributed by atoms with Gasteiger partial charge in [0.1, 0.15) is 0 Å². The molecular formula is C14H25N5O2. The molecule has 0 saturated heterocycles. The van der Waals surface area contributed by atoms with Crippen molar-refractivity contribution in [2.45, 2.75) is 46.6 Å². The lowest BCUT2D eigenvalue weighted by Crippen LogP contribution is -2.37. The summed E-state index contributed by atoms with van der Waals surface area (Å²) >= 11 is 0. The van der Waals surface area contributed by atoms with Gasteiger partial charge in [-0.2, -0.15) is 5.10 Å². The standard InChI is InChI=1S/C14H25N5O2/c1-5-10-11(6-2)16-17-14(12(10)13(15)18-21)19(7-8-20)9(3)4/h9,20-21H,5-8H2,1-4H3,(H2,15,18). The van der Waals surface area contributed by atoms with Gasteiger partial charge in [0.05, 0.1) is 17.9 Å². The van der Waals surface area contributed by atoms with E-state index in [1.165, 1.54) is 0 Å². The van der Waals surface area contributed by atoms with E-state index in [0.29, 0.717) is 24.3 Å². The molecule has 0 aliphatic rings. The number of hydrogen-bond acceptors (Lipinski definition) is 6. The fourth-order valence-corrected chi connectivity index (χ4v) is 2.40. The molecule has 118 valence electrons. The van der Waals surface area contributed by atoms with Gasteiger partial charge < -0.3 is 20.9 Å². The third-order valence-corrected chi connectivity index (χ3v) is 3.43. The van der Waals surface area contributed by atoms with Crippen molar-refractivity contribution in [2.75, 3.05) is 18.1 Å². The van der Waals surface area contributed by atoms with Crippen molar-refractivity contribution in [1.29, 1.82) is 0 Å². The Morgan fingerprint density at radius 3 is 2.38 bits per heavy atom. The highest BCUT2D eigenvalue weighted by Crippen LogP contribution is 2.25. The highest BCUT2D eigenvalue weighted by atomic mass is 16.4. The zero-order valence-electron chi connectivity index (χ0n) is 13.2. The second kappa shape index (κ2) is 7.78. The van der Waals surface area contributed by atoms with Gasteiger partial charge in [-0.15, -0.1) is 5.10 Å². The van der Waals surface area contributed by atoms with Crippen molar-refractivity contribution in [3.63, 3.8) is 0 Å². The zero-order chi connectivity index (χ0) is 16.0. The van der Waals surface area contributed by atoms with Gasteiger partial charge in [0.2, 0.25) is 0 Å². The number of aryl methyl sites for hydroxylation is 1. The van der Waals surface area contributed by atoms with Crippen LogP contribution in [0.25, 0.3) is 0 Å². The number of rotatable bonds is 7. The first-order valence-electron chi connectivity index (χ1n) is 7.25. The van der Waals surface area contributed by atoms with Crippen LogP contribution in [0.5, 0.6) is 0 Å². The van der Waals surface area contributed by atoms with Gasteiger partial charge in [-0.1, -0.05) is 19.0 Å². The molecule has 21 heavy (non-hydrogen) atoms. The zero-order valence-corrected chi connectivity index (χ0v) is 13.2. The van der Waals surface area contributed by atoms with Crippen molar-refractivity contribution >= 4 is 11.7 Å². The number of aromatic nitrogens is 2. The lowest BCUT2D eigenvalue weighted by Gasteiger charge is -2.29. The summed E-state index contributed by atoms with van der Waals surface area (Å²) in [6.07, 6.45) is 1.44. The number of nitrogens with zero attached hydrogens (tertiary/aromatic N) is 4. The van der Waals surface area contributed by atoms with Crippen LogP contribution in [0.15, 0.2) is 5.16 Å². The molecule has 0 amide bonds. The molecule has 0 radical (unpaired) electrons. The normalized spacial score (nSPS) is 12.0. The third kappa shape index (κ3) is 3.60. The van der Waals surface area contributed by atoms with Crippen LogP contribution < -0.4 is 10.6 Å². The topological polar surface area (TPSA) is 108 Å². The van der Waals surface area contributed by atoms with Crippen molar-refractivity contribution in [2.24, 2.45) is 10.9 Å². The Balaban J connectivity index is 3.57. The van der Waals surface area contributed by atoms with Crippen LogP contribution in [0.1, 0.15) is 44.5 Å². The molecule has 1 heterocycles. The summed E-state index contributed by atoms with van der Waals surface area (Å²) in [6.45, 7) is 8.38. The molecule has 1 aromatic heterocycles. The van der Waals surface area contributed by atoms with E-state index >= 15 is 0 Å². The molecule has 1 rings (SSSR count). The summed E-state index contributed by atoms with van der Waals surface area (Å²) in [5.41, 5.74) is 8.25. The van der Waals surface area contributed by atoms with E-state index < -0.39 is 0 Å². The van der Waals surface area contributed by atoms with Crippen LogP contribution in [-0.4, -0.2) is 45.5 Å².